The molecule has 0 radical (unpaired) electrons. The molecule has 1 aliphatic heterocycles. The van der Waals surface area contributed by atoms with Crippen molar-refractivity contribution >= 4 is 0 Å². The molecule has 0 N–H and O–H groups in total. The molecule has 2 heterocycles. The Labute approximate surface area is 160 Å². The summed E-state index contributed by atoms with van der Waals surface area (Å²) in [4.78, 5) is 10.9. The van der Waals surface area contributed by atoms with Crippen molar-refractivity contribution < 1.29 is 4.74 Å². The summed E-state index contributed by atoms with van der Waals surface area (Å²) in [5.41, 5.74) is 5.93. The van der Waals surface area contributed by atoms with Gasteiger partial charge in [0.2, 0.25) is 0 Å². The molecule has 1 saturated heterocycles. The number of hydrogen-bond donors (Lipinski definition) is 0. The predicted octanol–water partition coefficient (Wildman–Crippen LogP) is 4.98. The quantitative estimate of drug-likeness (QED) is 0.644. The zero-order valence-corrected chi connectivity index (χ0v) is 15.9. The van der Waals surface area contributed by atoms with E-state index in [0.29, 0.717) is 12.1 Å². The van der Waals surface area contributed by atoms with Crippen LogP contribution < -0.4 is 4.74 Å². The van der Waals surface area contributed by atoms with Crippen LogP contribution in [0.3, 0.4) is 0 Å². The highest BCUT2D eigenvalue weighted by molar-refractivity contribution is 5.69. The third kappa shape index (κ3) is 3.86. The average molecular weight is 359 g/mol. The summed E-state index contributed by atoms with van der Waals surface area (Å²) in [6.45, 7) is 4.75. The van der Waals surface area contributed by atoms with Crippen LogP contribution >= 0.6 is 0 Å². The highest BCUT2D eigenvalue weighted by Gasteiger charge is 2.19. The first-order chi connectivity index (χ1) is 13.2. The molecule has 1 aromatic heterocycles. The van der Waals surface area contributed by atoms with Crippen LogP contribution in [0.25, 0.3) is 22.3 Å². The van der Waals surface area contributed by atoms with E-state index in [-0.39, 0.29) is 0 Å². The lowest BCUT2D eigenvalue weighted by Crippen LogP contribution is -2.23. The Hall–Kier alpha value is -2.72. The molecule has 1 atom stereocenters. The fourth-order valence-electron chi connectivity index (χ4n) is 3.72. The summed E-state index contributed by atoms with van der Waals surface area (Å²) in [6.07, 6.45) is 6.23. The van der Waals surface area contributed by atoms with Gasteiger partial charge in [-0.3, -0.25) is 4.90 Å². The van der Waals surface area contributed by atoms with E-state index >= 15 is 0 Å². The summed E-state index contributed by atoms with van der Waals surface area (Å²) in [7, 11) is 1.57. The van der Waals surface area contributed by atoms with Gasteiger partial charge in [-0.05, 0) is 55.1 Å². The fraction of sp³-hybridized carbons (Fsp3) is 0.304. The number of rotatable bonds is 5. The fourth-order valence-corrected chi connectivity index (χ4v) is 3.72. The molecule has 4 nitrogen and oxygen atoms in total. The summed E-state index contributed by atoms with van der Waals surface area (Å²) < 4.78 is 5.02. The number of likely N-dealkylation sites (tertiary alicyclic amines) is 1. The monoisotopic (exact) mass is 359 g/mol. The Balaban J connectivity index is 1.49. The highest BCUT2D eigenvalue weighted by atomic mass is 16.5. The molecule has 0 spiro atoms. The first-order valence-electron chi connectivity index (χ1n) is 9.55. The van der Waals surface area contributed by atoms with Crippen molar-refractivity contribution in [2.75, 3.05) is 20.2 Å². The SMILES string of the molecule is COc1ncc(-c2ccc(-c3ccc(C(C)N4CCCC4)cc3)cc2)cn1. The summed E-state index contributed by atoms with van der Waals surface area (Å²) in [5, 5.41) is 0. The Morgan fingerprint density at radius 3 is 1.78 bits per heavy atom. The number of aromatic nitrogens is 2. The minimum absolute atomic E-state index is 0.388. The van der Waals surface area contributed by atoms with Crippen molar-refractivity contribution in [3.8, 4) is 28.3 Å². The van der Waals surface area contributed by atoms with Gasteiger partial charge in [0.15, 0.2) is 0 Å². The van der Waals surface area contributed by atoms with Gasteiger partial charge in [-0.15, -0.1) is 0 Å². The minimum atomic E-state index is 0.388. The van der Waals surface area contributed by atoms with E-state index in [1.54, 1.807) is 19.5 Å². The second-order valence-corrected chi connectivity index (χ2v) is 7.08. The number of hydrogen-bond acceptors (Lipinski definition) is 4. The maximum atomic E-state index is 5.02. The van der Waals surface area contributed by atoms with Crippen LogP contribution in [-0.4, -0.2) is 35.1 Å². The number of nitrogens with zero attached hydrogens (tertiary/aromatic N) is 3. The van der Waals surface area contributed by atoms with Crippen molar-refractivity contribution in [3.05, 3.63) is 66.5 Å². The Morgan fingerprint density at radius 2 is 1.26 bits per heavy atom. The van der Waals surface area contributed by atoms with E-state index in [1.807, 2.05) is 0 Å². The Kier molecular flexibility index (Phi) is 5.16. The van der Waals surface area contributed by atoms with Gasteiger partial charge in [0.05, 0.1) is 7.11 Å². The maximum Gasteiger partial charge on any atom is 0.316 e. The predicted molar refractivity (Wildman–Crippen MR) is 109 cm³/mol. The second-order valence-electron chi connectivity index (χ2n) is 7.08. The molecule has 0 aliphatic carbocycles. The molecular weight excluding hydrogens is 334 g/mol. The lowest BCUT2D eigenvalue weighted by molar-refractivity contribution is 0.263. The summed E-state index contributed by atoms with van der Waals surface area (Å²) >= 11 is 0. The van der Waals surface area contributed by atoms with Crippen LogP contribution in [0.5, 0.6) is 6.01 Å². The summed E-state index contributed by atoms with van der Waals surface area (Å²) in [5.74, 6) is 0. The normalized spacial score (nSPS) is 15.6. The molecule has 3 aromatic rings. The highest BCUT2D eigenvalue weighted by Crippen LogP contribution is 2.28. The van der Waals surface area contributed by atoms with Gasteiger partial charge in [-0.1, -0.05) is 48.5 Å². The third-order valence-electron chi connectivity index (χ3n) is 5.44. The van der Waals surface area contributed by atoms with E-state index < -0.39 is 0 Å². The average Bonchev–Trinajstić information content (AvgIpc) is 3.28. The van der Waals surface area contributed by atoms with E-state index in [2.05, 4.69) is 70.3 Å². The third-order valence-corrected chi connectivity index (χ3v) is 5.44. The molecule has 1 aliphatic rings. The van der Waals surface area contributed by atoms with E-state index in [0.717, 1.165) is 11.1 Å². The Morgan fingerprint density at radius 1 is 0.778 bits per heavy atom. The lowest BCUT2D eigenvalue weighted by atomic mass is 9.99. The zero-order chi connectivity index (χ0) is 18.6. The molecule has 0 bridgehead atoms. The van der Waals surface area contributed by atoms with Gasteiger partial charge in [-0.25, -0.2) is 9.97 Å². The van der Waals surface area contributed by atoms with E-state index in [1.165, 1.54) is 42.6 Å². The van der Waals surface area contributed by atoms with Crippen LogP contribution in [-0.2, 0) is 0 Å². The van der Waals surface area contributed by atoms with Gasteiger partial charge >= 0.3 is 6.01 Å². The van der Waals surface area contributed by atoms with Crippen LogP contribution in [0.4, 0.5) is 0 Å². The lowest BCUT2D eigenvalue weighted by Gasteiger charge is -2.24. The molecule has 1 unspecified atom stereocenters. The van der Waals surface area contributed by atoms with Crippen LogP contribution in [0.1, 0.15) is 31.4 Å². The summed E-state index contributed by atoms with van der Waals surface area (Å²) in [6, 6.07) is 18.4. The largest absolute Gasteiger partial charge is 0.467 e. The maximum absolute atomic E-state index is 5.02. The molecule has 4 heteroatoms. The van der Waals surface area contributed by atoms with Gasteiger partial charge in [0.1, 0.15) is 0 Å². The first-order valence-corrected chi connectivity index (χ1v) is 9.55. The molecule has 4 rings (SSSR count). The van der Waals surface area contributed by atoms with Crippen LogP contribution in [0.2, 0.25) is 0 Å². The topological polar surface area (TPSA) is 38.2 Å². The van der Waals surface area contributed by atoms with Crippen molar-refractivity contribution in [2.24, 2.45) is 0 Å². The molecule has 0 amide bonds. The molecule has 138 valence electrons. The first kappa shape index (κ1) is 17.7. The standard InChI is InChI=1S/C23H25N3O/c1-17(26-13-3-4-14-26)18-5-7-19(8-6-18)20-9-11-21(12-10-20)22-15-24-23(27-2)25-16-22/h5-12,15-17H,3-4,13-14H2,1-2H3. The van der Waals surface area contributed by atoms with E-state index in [9.17, 15) is 0 Å². The van der Waals surface area contributed by atoms with Crippen molar-refractivity contribution in [2.45, 2.75) is 25.8 Å². The zero-order valence-electron chi connectivity index (χ0n) is 15.9. The van der Waals surface area contributed by atoms with Gasteiger partial charge < -0.3 is 4.74 Å². The number of methoxy groups -OCH3 is 1. The van der Waals surface area contributed by atoms with Gasteiger partial charge in [-0.2, -0.15) is 0 Å². The van der Waals surface area contributed by atoms with Crippen LogP contribution in [0.15, 0.2) is 60.9 Å². The molecular formula is C23H25N3O. The van der Waals surface area contributed by atoms with E-state index in [4.69, 9.17) is 4.74 Å². The van der Waals surface area contributed by atoms with Crippen molar-refractivity contribution in [3.63, 3.8) is 0 Å². The van der Waals surface area contributed by atoms with Gasteiger partial charge in [0.25, 0.3) is 0 Å². The second kappa shape index (κ2) is 7.89. The van der Waals surface area contributed by atoms with Gasteiger partial charge in [0, 0.05) is 24.0 Å². The molecule has 1 fully saturated rings. The minimum Gasteiger partial charge on any atom is -0.467 e. The van der Waals surface area contributed by atoms with Crippen molar-refractivity contribution in [1.82, 2.24) is 14.9 Å². The smallest absolute Gasteiger partial charge is 0.316 e. The van der Waals surface area contributed by atoms with Crippen LogP contribution in [0, 0.1) is 0 Å². The molecule has 0 saturated carbocycles. The Bertz CT molecular complexity index is 867. The molecule has 2 aromatic carbocycles. The number of benzene rings is 2. The molecule has 27 heavy (non-hydrogen) atoms. The number of ether oxygens (including phenoxy) is 1. The van der Waals surface area contributed by atoms with Crippen molar-refractivity contribution in [1.29, 1.82) is 0 Å².